The largest absolute Gasteiger partial charge is 0.333 e. The molecule has 2 aliphatic rings. The second kappa shape index (κ2) is 13.1. The molecular weight excluding hydrogens is 615 g/mol. The fourth-order valence-electron chi connectivity index (χ4n) is 7.21. The predicted molar refractivity (Wildman–Crippen MR) is 195 cm³/mol. The van der Waals surface area contributed by atoms with Crippen LogP contribution in [0.25, 0.3) is 16.1 Å². The molecule has 2 aliphatic heterocycles. The first kappa shape index (κ1) is 31.9. The number of fused-ring (bicyclic) bond motifs is 2. The summed E-state index contributed by atoms with van der Waals surface area (Å²) >= 11 is 1.71. The van der Waals surface area contributed by atoms with Crippen molar-refractivity contribution in [3.8, 4) is 16.1 Å². The molecule has 0 aliphatic carbocycles. The van der Waals surface area contributed by atoms with E-state index < -0.39 is 0 Å². The van der Waals surface area contributed by atoms with Crippen molar-refractivity contribution in [2.75, 3.05) is 10.6 Å². The van der Waals surface area contributed by atoms with Crippen molar-refractivity contribution >= 4 is 34.8 Å². The van der Waals surface area contributed by atoms with Crippen LogP contribution in [0.15, 0.2) is 96.4 Å². The van der Waals surface area contributed by atoms with Crippen LogP contribution in [0.5, 0.6) is 0 Å². The molecule has 7 rings (SSSR count). The molecule has 4 heterocycles. The van der Waals surface area contributed by atoms with Crippen LogP contribution in [0.2, 0.25) is 0 Å². The van der Waals surface area contributed by atoms with E-state index in [0.29, 0.717) is 23.8 Å². The number of nitrogens with one attached hydrogen (secondary N) is 2. The zero-order valence-corrected chi connectivity index (χ0v) is 28.9. The number of thiophene rings is 1. The van der Waals surface area contributed by atoms with Crippen LogP contribution in [-0.4, -0.2) is 38.7 Å². The van der Waals surface area contributed by atoms with Gasteiger partial charge in [-0.2, -0.15) is 5.10 Å². The zero-order valence-electron chi connectivity index (χ0n) is 28.1. The van der Waals surface area contributed by atoms with Gasteiger partial charge in [-0.1, -0.05) is 68.8 Å². The first-order valence-corrected chi connectivity index (χ1v) is 17.8. The minimum atomic E-state index is -0.314. The Bertz CT molecular complexity index is 1870. The van der Waals surface area contributed by atoms with Gasteiger partial charge in [0.05, 0.1) is 11.4 Å². The number of piperidine rings is 1. The monoisotopic (exact) mass is 657 g/mol. The van der Waals surface area contributed by atoms with Crippen LogP contribution in [0.1, 0.15) is 73.6 Å². The molecule has 246 valence electrons. The first-order chi connectivity index (χ1) is 23.1. The fraction of sp³-hybridized carbons (Fsp3) is 0.325. The van der Waals surface area contributed by atoms with Gasteiger partial charge in [-0.05, 0) is 104 Å². The molecule has 0 radical (unpaired) electrons. The maximum Gasteiger partial charge on any atom is 0.324 e. The number of aromatic nitrogens is 2. The van der Waals surface area contributed by atoms with Gasteiger partial charge in [0, 0.05) is 39.7 Å². The van der Waals surface area contributed by atoms with E-state index in [1.54, 1.807) is 16.0 Å². The summed E-state index contributed by atoms with van der Waals surface area (Å²) in [5.41, 5.74) is 6.72. The number of hydrogen-bond acceptors (Lipinski definition) is 4. The Labute approximate surface area is 287 Å². The van der Waals surface area contributed by atoms with Gasteiger partial charge >= 0.3 is 6.03 Å². The molecule has 48 heavy (non-hydrogen) atoms. The molecule has 2 saturated heterocycles. The van der Waals surface area contributed by atoms with Crippen molar-refractivity contribution in [2.45, 2.75) is 77.3 Å². The number of hydrogen-bond donors (Lipinski definition) is 2. The molecule has 2 unspecified atom stereocenters. The maximum absolute atomic E-state index is 13.6. The highest BCUT2D eigenvalue weighted by molar-refractivity contribution is 7.13. The molecule has 5 aromatic rings. The molecule has 2 atom stereocenters. The number of carbonyl (C=O) groups is 2. The zero-order chi connectivity index (χ0) is 33.4. The Morgan fingerprint density at radius 1 is 0.875 bits per heavy atom. The molecule has 2 N–H and O–H groups in total. The van der Waals surface area contributed by atoms with Gasteiger partial charge in [0.1, 0.15) is 5.82 Å². The molecule has 2 fully saturated rings. The molecule has 0 spiro atoms. The second-order valence-electron chi connectivity index (χ2n) is 14.4. The lowest BCUT2D eigenvalue weighted by Gasteiger charge is -2.39. The number of amides is 3. The number of benzene rings is 3. The lowest BCUT2D eigenvalue weighted by atomic mass is 9.85. The topological polar surface area (TPSA) is 79.3 Å². The summed E-state index contributed by atoms with van der Waals surface area (Å²) in [6.07, 6.45) is 5.20. The first-order valence-electron chi connectivity index (χ1n) is 16.9. The number of rotatable bonds is 7. The lowest BCUT2D eigenvalue weighted by molar-refractivity contribution is 0.0524. The van der Waals surface area contributed by atoms with Gasteiger partial charge in [0.2, 0.25) is 0 Å². The van der Waals surface area contributed by atoms with Gasteiger partial charge in [0.25, 0.3) is 5.91 Å². The molecule has 3 aromatic carbocycles. The van der Waals surface area contributed by atoms with E-state index in [0.717, 1.165) is 65.9 Å². The standard InChI is InChI=1S/C40H43N5O2S/c1-26-7-17-32(18-8-26)45-37(25-36(43-45)40(2,3)4)42-39(47)41-31-15-9-27(10-16-31)22-28-23-33-19-20-34(24-28)44(33)38(46)30-13-11-29(12-14-30)35-6-5-21-48-35/h5-18,21,25,28,33-34H,19-20,22-24H2,1-4H3,(H2,41,42,47). The third-order valence-corrected chi connectivity index (χ3v) is 10.7. The van der Waals surface area contributed by atoms with Crippen molar-refractivity contribution in [3.05, 3.63) is 119 Å². The van der Waals surface area contributed by atoms with Crippen molar-refractivity contribution in [3.63, 3.8) is 0 Å². The third kappa shape index (κ3) is 6.81. The summed E-state index contributed by atoms with van der Waals surface area (Å²) in [5, 5.41) is 12.9. The summed E-state index contributed by atoms with van der Waals surface area (Å²) in [7, 11) is 0. The number of nitrogens with zero attached hydrogens (tertiary/aromatic N) is 3. The highest BCUT2D eigenvalue weighted by Gasteiger charge is 2.43. The quantitative estimate of drug-likeness (QED) is 0.183. The van der Waals surface area contributed by atoms with Crippen LogP contribution < -0.4 is 10.6 Å². The Morgan fingerprint density at radius 3 is 2.19 bits per heavy atom. The second-order valence-corrected chi connectivity index (χ2v) is 15.3. The van der Waals surface area contributed by atoms with Crippen molar-refractivity contribution in [2.24, 2.45) is 5.92 Å². The molecule has 3 amide bonds. The predicted octanol–water partition coefficient (Wildman–Crippen LogP) is 9.48. The SMILES string of the molecule is Cc1ccc(-n2nc(C(C)(C)C)cc2NC(=O)Nc2ccc(CC3CC4CCC(C3)N4C(=O)c3ccc(-c4cccs4)cc3)cc2)cc1. The van der Waals surface area contributed by atoms with Gasteiger partial charge in [0.15, 0.2) is 0 Å². The molecular formula is C40H43N5O2S. The van der Waals surface area contributed by atoms with E-state index in [1.807, 2.05) is 54.6 Å². The number of urea groups is 1. The summed E-state index contributed by atoms with van der Waals surface area (Å²) in [5.74, 6) is 1.32. The van der Waals surface area contributed by atoms with Crippen LogP contribution in [-0.2, 0) is 11.8 Å². The highest BCUT2D eigenvalue weighted by atomic mass is 32.1. The van der Waals surface area contributed by atoms with E-state index in [9.17, 15) is 9.59 Å². The van der Waals surface area contributed by atoms with Crippen molar-refractivity contribution < 1.29 is 9.59 Å². The van der Waals surface area contributed by atoms with E-state index in [2.05, 4.69) is 85.0 Å². The van der Waals surface area contributed by atoms with Crippen LogP contribution in [0, 0.1) is 12.8 Å². The van der Waals surface area contributed by atoms with E-state index >= 15 is 0 Å². The van der Waals surface area contributed by atoms with Gasteiger partial charge in [-0.25, -0.2) is 9.48 Å². The smallest absolute Gasteiger partial charge is 0.324 e. The van der Waals surface area contributed by atoms with Gasteiger partial charge in [-0.15, -0.1) is 11.3 Å². The van der Waals surface area contributed by atoms with E-state index in [1.165, 1.54) is 10.4 Å². The van der Waals surface area contributed by atoms with Crippen LogP contribution in [0.3, 0.4) is 0 Å². The third-order valence-electron chi connectivity index (χ3n) is 9.74. The Balaban J connectivity index is 0.955. The molecule has 8 heteroatoms. The molecule has 7 nitrogen and oxygen atoms in total. The summed E-state index contributed by atoms with van der Waals surface area (Å²) in [4.78, 5) is 30.1. The van der Waals surface area contributed by atoms with Gasteiger partial charge < -0.3 is 10.2 Å². The number of anilines is 2. The average molecular weight is 658 g/mol. The maximum atomic E-state index is 13.6. The summed E-state index contributed by atoms with van der Waals surface area (Å²) in [6.45, 7) is 8.38. The highest BCUT2D eigenvalue weighted by Crippen LogP contribution is 2.41. The Kier molecular flexibility index (Phi) is 8.69. The van der Waals surface area contributed by atoms with Crippen molar-refractivity contribution in [1.29, 1.82) is 0 Å². The lowest BCUT2D eigenvalue weighted by Crippen LogP contribution is -2.46. The molecule has 2 aromatic heterocycles. The van der Waals surface area contributed by atoms with Gasteiger partial charge in [-0.3, -0.25) is 10.1 Å². The molecule has 2 bridgehead atoms. The number of carbonyl (C=O) groups excluding carboxylic acids is 2. The van der Waals surface area contributed by atoms with Crippen LogP contribution >= 0.6 is 11.3 Å². The average Bonchev–Trinajstić information content (AvgIpc) is 3.81. The van der Waals surface area contributed by atoms with Crippen molar-refractivity contribution in [1.82, 2.24) is 14.7 Å². The number of aryl methyl sites for hydroxylation is 1. The Morgan fingerprint density at radius 2 is 1.56 bits per heavy atom. The normalized spacial score (nSPS) is 18.9. The minimum Gasteiger partial charge on any atom is -0.333 e. The summed E-state index contributed by atoms with van der Waals surface area (Å²) in [6, 6.07) is 30.8. The van der Waals surface area contributed by atoms with E-state index in [4.69, 9.17) is 5.10 Å². The summed E-state index contributed by atoms with van der Waals surface area (Å²) < 4.78 is 1.79. The fourth-order valence-corrected chi connectivity index (χ4v) is 7.95. The van der Waals surface area contributed by atoms with E-state index in [-0.39, 0.29) is 17.4 Å². The molecule has 0 saturated carbocycles. The minimum absolute atomic E-state index is 0.166. The Hall–Kier alpha value is -4.69. The van der Waals surface area contributed by atoms with Crippen LogP contribution in [0.4, 0.5) is 16.3 Å².